The van der Waals surface area contributed by atoms with Gasteiger partial charge in [-0.2, -0.15) is 0 Å². The van der Waals surface area contributed by atoms with Crippen LogP contribution in [0.5, 0.6) is 0 Å². The van der Waals surface area contributed by atoms with E-state index in [-0.39, 0.29) is 5.92 Å². The molecule has 0 spiro atoms. The van der Waals surface area contributed by atoms with E-state index in [9.17, 15) is 4.79 Å². The normalized spacial score (nSPS) is 47.8. The van der Waals surface area contributed by atoms with Crippen molar-refractivity contribution >= 4 is 5.91 Å². The fourth-order valence-corrected chi connectivity index (χ4v) is 4.74. The average Bonchev–Trinajstić information content (AvgIpc) is 2.86. The second-order valence-electron chi connectivity index (χ2n) is 6.39. The average molecular weight is 235 g/mol. The molecule has 0 aromatic heterocycles. The summed E-state index contributed by atoms with van der Waals surface area (Å²) in [5.74, 6) is 3.23. The Hall–Kier alpha value is -0.570. The third kappa shape index (κ3) is 1.41. The molecule has 3 nitrogen and oxygen atoms in total. The van der Waals surface area contributed by atoms with Gasteiger partial charge >= 0.3 is 0 Å². The second-order valence-corrected chi connectivity index (χ2v) is 6.39. The SMILES string of the molecule is O=C(C1CCCOC1)N1CC2C3CCC(C3)C21. The van der Waals surface area contributed by atoms with Crippen molar-refractivity contribution in [2.75, 3.05) is 19.8 Å². The monoisotopic (exact) mass is 235 g/mol. The zero-order chi connectivity index (χ0) is 11.4. The van der Waals surface area contributed by atoms with Gasteiger partial charge in [0, 0.05) is 25.1 Å². The van der Waals surface area contributed by atoms with Crippen molar-refractivity contribution in [3.63, 3.8) is 0 Å². The van der Waals surface area contributed by atoms with Crippen LogP contribution in [0.3, 0.4) is 0 Å². The van der Waals surface area contributed by atoms with Crippen LogP contribution in [0.4, 0.5) is 0 Å². The number of hydrogen-bond donors (Lipinski definition) is 0. The van der Waals surface area contributed by atoms with Gasteiger partial charge in [0.1, 0.15) is 0 Å². The van der Waals surface area contributed by atoms with Crippen LogP contribution in [-0.2, 0) is 9.53 Å². The summed E-state index contributed by atoms with van der Waals surface area (Å²) in [6.07, 6.45) is 6.31. The van der Waals surface area contributed by atoms with E-state index >= 15 is 0 Å². The lowest BCUT2D eigenvalue weighted by Gasteiger charge is -2.51. The molecule has 2 saturated carbocycles. The highest BCUT2D eigenvalue weighted by Crippen LogP contribution is 2.55. The molecule has 2 heterocycles. The minimum absolute atomic E-state index is 0.170. The minimum Gasteiger partial charge on any atom is -0.381 e. The van der Waals surface area contributed by atoms with Gasteiger partial charge in [0.05, 0.1) is 12.5 Å². The van der Waals surface area contributed by atoms with Gasteiger partial charge in [-0.25, -0.2) is 0 Å². The molecule has 4 aliphatic rings. The molecule has 0 aromatic rings. The van der Waals surface area contributed by atoms with Crippen molar-refractivity contribution in [2.24, 2.45) is 23.7 Å². The summed E-state index contributed by atoms with van der Waals surface area (Å²) >= 11 is 0. The molecule has 2 aliphatic carbocycles. The van der Waals surface area contributed by atoms with Gasteiger partial charge in [0.25, 0.3) is 0 Å². The van der Waals surface area contributed by atoms with Gasteiger partial charge in [0.15, 0.2) is 0 Å². The van der Waals surface area contributed by atoms with Crippen LogP contribution < -0.4 is 0 Å². The summed E-state index contributed by atoms with van der Waals surface area (Å²) in [5, 5.41) is 0. The van der Waals surface area contributed by atoms with Crippen molar-refractivity contribution in [1.29, 1.82) is 0 Å². The lowest BCUT2D eigenvalue weighted by molar-refractivity contribution is -0.155. The summed E-state index contributed by atoms with van der Waals surface area (Å²) < 4.78 is 5.45. The predicted octanol–water partition coefficient (Wildman–Crippen LogP) is 1.67. The quantitative estimate of drug-likeness (QED) is 0.692. The molecular weight excluding hydrogens is 214 g/mol. The zero-order valence-corrected chi connectivity index (χ0v) is 10.3. The molecule has 94 valence electrons. The zero-order valence-electron chi connectivity index (χ0n) is 10.3. The Bertz CT molecular complexity index is 335. The van der Waals surface area contributed by atoms with Gasteiger partial charge in [0.2, 0.25) is 5.91 Å². The summed E-state index contributed by atoms with van der Waals surface area (Å²) in [7, 11) is 0. The van der Waals surface area contributed by atoms with Crippen LogP contribution in [0.15, 0.2) is 0 Å². The van der Waals surface area contributed by atoms with E-state index in [1.165, 1.54) is 19.3 Å². The van der Waals surface area contributed by atoms with E-state index in [4.69, 9.17) is 4.74 Å². The van der Waals surface area contributed by atoms with Crippen LogP contribution in [-0.4, -0.2) is 36.6 Å². The molecule has 2 bridgehead atoms. The highest BCUT2D eigenvalue weighted by molar-refractivity contribution is 5.80. The number of carbonyl (C=O) groups is 1. The van der Waals surface area contributed by atoms with Gasteiger partial charge in [-0.15, -0.1) is 0 Å². The van der Waals surface area contributed by atoms with Crippen LogP contribution in [0.2, 0.25) is 0 Å². The van der Waals surface area contributed by atoms with Crippen LogP contribution in [0.25, 0.3) is 0 Å². The van der Waals surface area contributed by atoms with Crippen molar-refractivity contribution in [2.45, 2.75) is 38.1 Å². The first-order valence-electron chi connectivity index (χ1n) is 7.23. The molecule has 0 N–H and O–H groups in total. The Balaban J connectivity index is 1.45. The maximum Gasteiger partial charge on any atom is 0.228 e. The Kier molecular flexibility index (Phi) is 2.26. The summed E-state index contributed by atoms with van der Waals surface area (Å²) in [6.45, 7) is 2.57. The molecule has 17 heavy (non-hydrogen) atoms. The molecule has 5 atom stereocenters. The summed E-state index contributed by atoms with van der Waals surface area (Å²) in [6, 6.07) is 0.628. The molecule has 5 unspecified atom stereocenters. The van der Waals surface area contributed by atoms with Gasteiger partial charge in [-0.3, -0.25) is 4.79 Å². The van der Waals surface area contributed by atoms with Crippen molar-refractivity contribution in [3.8, 4) is 0 Å². The first-order chi connectivity index (χ1) is 8.34. The number of amides is 1. The molecule has 3 heteroatoms. The van der Waals surface area contributed by atoms with Gasteiger partial charge in [-0.05, 0) is 43.9 Å². The van der Waals surface area contributed by atoms with E-state index in [1.807, 2.05) is 0 Å². The van der Waals surface area contributed by atoms with Crippen molar-refractivity contribution < 1.29 is 9.53 Å². The number of rotatable bonds is 1. The topological polar surface area (TPSA) is 29.5 Å². The van der Waals surface area contributed by atoms with E-state index < -0.39 is 0 Å². The summed E-state index contributed by atoms with van der Waals surface area (Å²) in [4.78, 5) is 14.6. The summed E-state index contributed by atoms with van der Waals surface area (Å²) in [5.41, 5.74) is 0. The fourth-order valence-electron chi connectivity index (χ4n) is 4.74. The number of fused-ring (bicyclic) bond motifs is 5. The van der Waals surface area contributed by atoms with Gasteiger partial charge in [-0.1, -0.05) is 0 Å². The highest BCUT2D eigenvalue weighted by Gasteiger charge is 2.58. The van der Waals surface area contributed by atoms with Gasteiger partial charge < -0.3 is 9.64 Å². The Morgan fingerprint density at radius 3 is 2.82 bits per heavy atom. The first kappa shape index (κ1) is 10.4. The first-order valence-corrected chi connectivity index (χ1v) is 7.23. The number of ether oxygens (including phenoxy) is 1. The molecule has 4 rings (SSSR count). The highest BCUT2D eigenvalue weighted by atomic mass is 16.5. The van der Waals surface area contributed by atoms with E-state index in [2.05, 4.69) is 4.90 Å². The molecule has 4 fully saturated rings. The molecule has 0 aromatic carbocycles. The maximum atomic E-state index is 12.4. The molecule has 2 saturated heterocycles. The molecule has 1 amide bonds. The van der Waals surface area contributed by atoms with Crippen molar-refractivity contribution in [3.05, 3.63) is 0 Å². The Morgan fingerprint density at radius 2 is 2.06 bits per heavy atom. The third-order valence-corrected chi connectivity index (χ3v) is 5.60. The number of nitrogens with zero attached hydrogens (tertiary/aromatic N) is 1. The van der Waals surface area contributed by atoms with E-state index in [0.717, 1.165) is 43.7 Å². The third-order valence-electron chi connectivity index (χ3n) is 5.60. The van der Waals surface area contributed by atoms with Crippen LogP contribution >= 0.6 is 0 Å². The van der Waals surface area contributed by atoms with Crippen LogP contribution in [0, 0.1) is 23.7 Å². The molecule has 0 radical (unpaired) electrons. The number of likely N-dealkylation sites (tertiary alicyclic amines) is 1. The predicted molar refractivity (Wildman–Crippen MR) is 63.4 cm³/mol. The largest absolute Gasteiger partial charge is 0.381 e. The smallest absolute Gasteiger partial charge is 0.228 e. The lowest BCUT2D eigenvalue weighted by Crippen LogP contribution is -2.62. The van der Waals surface area contributed by atoms with E-state index in [0.29, 0.717) is 18.6 Å². The standard InChI is InChI=1S/C14H21NO2/c16-14(11-2-1-5-17-8-11)15-7-12-9-3-4-10(6-9)13(12)15/h9-13H,1-8H2. The maximum absolute atomic E-state index is 12.4. The molecule has 2 aliphatic heterocycles. The van der Waals surface area contributed by atoms with E-state index in [1.54, 1.807) is 0 Å². The Labute approximate surface area is 102 Å². The minimum atomic E-state index is 0.170. The lowest BCUT2D eigenvalue weighted by atomic mass is 9.76. The van der Waals surface area contributed by atoms with Crippen molar-refractivity contribution in [1.82, 2.24) is 4.90 Å². The number of carbonyl (C=O) groups excluding carboxylic acids is 1. The Morgan fingerprint density at radius 1 is 1.18 bits per heavy atom. The fraction of sp³-hybridized carbons (Fsp3) is 0.929. The van der Waals surface area contributed by atoms with Crippen LogP contribution in [0.1, 0.15) is 32.1 Å². The number of hydrogen-bond acceptors (Lipinski definition) is 2. The molecular formula is C14H21NO2. The second kappa shape index (κ2) is 3.71.